The lowest BCUT2D eigenvalue weighted by Gasteiger charge is -2.13. The zero-order chi connectivity index (χ0) is 15.2. The predicted octanol–water partition coefficient (Wildman–Crippen LogP) is 3.45. The zero-order valence-corrected chi connectivity index (χ0v) is 13.6. The van der Waals surface area contributed by atoms with Crippen LogP contribution in [0.3, 0.4) is 0 Å². The Bertz CT molecular complexity index is 272. The Balaban J connectivity index is 3.66. The van der Waals surface area contributed by atoms with Gasteiger partial charge < -0.3 is 10.4 Å². The van der Waals surface area contributed by atoms with Gasteiger partial charge in [-0.1, -0.05) is 45.4 Å². The highest BCUT2D eigenvalue weighted by molar-refractivity contribution is 7.98. The standard InChI is InChI=1S/C15H29NO3S/c1-3-4-5-6-7-8-9-10-14(17)16-13(15(18)19)11-12-20-2/h13H,3-12H2,1-2H3,(H,16,17)(H,18,19)/t13-/m0/s1. The van der Waals surface area contributed by atoms with E-state index >= 15 is 0 Å². The summed E-state index contributed by atoms with van der Waals surface area (Å²) in [6.07, 6.45) is 11.0. The molecule has 0 rings (SSSR count). The van der Waals surface area contributed by atoms with E-state index in [1.54, 1.807) is 11.8 Å². The summed E-state index contributed by atoms with van der Waals surface area (Å²) in [6, 6.07) is -0.737. The van der Waals surface area contributed by atoms with Crippen LogP contribution in [-0.4, -0.2) is 35.0 Å². The van der Waals surface area contributed by atoms with Crippen molar-refractivity contribution in [2.45, 2.75) is 70.8 Å². The van der Waals surface area contributed by atoms with Gasteiger partial charge in [0.15, 0.2) is 0 Å². The molecule has 0 aliphatic carbocycles. The Hall–Kier alpha value is -0.710. The minimum atomic E-state index is -0.938. The Morgan fingerprint density at radius 3 is 2.25 bits per heavy atom. The Labute approximate surface area is 127 Å². The van der Waals surface area contributed by atoms with Crippen LogP contribution in [0.25, 0.3) is 0 Å². The van der Waals surface area contributed by atoms with Gasteiger partial charge in [0.2, 0.25) is 5.91 Å². The molecule has 0 saturated carbocycles. The molecule has 0 aromatic carbocycles. The molecule has 5 heteroatoms. The third-order valence-electron chi connectivity index (χ3n) is 3.25. The second-order valence-electron chi connectivity index (χ2n) is 5.11. The first-order valence-electron chi connectivity index (χ1n) is 7.63. The maximum atomic E-state index is 11.7. The summed E-state index contributed by atoms with van der Waals surface area (Å²) in [5.74, 6) is -0.326. The number of hydrogen-bond acceptors (Lipinski definition) is 3. The van der Waals surface area contributed by atoms with Crippen LogP contribution in [0.1, 0.15) is 64.7 Å². The van der Waals surface area contributed by atoms with Crippen molar-refractivity contribution in [3.63, 3.8) is 0 Å². The summed E-state index contributed by atoms with van der Waals surface area (Å²) in [6.45, 7) is 2.19. The number of thioether (sulfide) groups is 1. The smallest absolute Gasteiger partial charge is 0.326 e. The summed E-state index contributed by atoms with van der Waals surface area (Å²) in [5.41, 5.74) is 0. The summed E-state index contributed by atoms with van der Waals surface area (Å²) in [7, 11) is 0. The van der Waals surface area contributed by atoms with E-state index in [4.69, 9.17) is 5.11 Å². The molecule has 0 saturated heterocycles. The molecule has 118 valence electrons. The third kappa shape index (κ3) is 11.1. The van der Waals surface area contributed by atoms with Crippen LogP contribution in [0.4, 0.5) is 0 Å². The minimum absolute atomic E-state index is 0.132. The van der Waals surface area contributed by atoms with Crippen molar-refractivity contribution in [3.8, 4) is 0 Å². The average molecular weight is 303 g/mol. The Kier molecular flexibility index (Phi) is 12.8. The first-order valence-corrected chi connectivity index (χ1v) is 9.02. The molecule has 0 fully saturated rings. The van der Waals surface area contributed by atoms with Crippen molar-refractivity contribution in [1.82, 2.24) is 5.32 Å². The van der Waals surface area contributed by atoms with Gasteiger partial charge in [0.05, 0.1) is 0 Å². The molecular formula is C15H29NO3S. The van der Waals surface area contributed by atoms with E-state index < -0.39 is 12.0 Å². The highest BCUT2D eigenvalue weighted by Crippen LogP contribution is 2.08. The van der Waals surface area contributed by atoms with Crippen molar-refractivity contribution in [2.24, 2.45) is 0 Å². The topological polar surface area (TPSA) is 66.4 Å². The molecule has 0 aliphatic rings. The zero-order valence-electron chi connectivity index (χ0n) is 12.8. The van der Waals surface area contributed by atoms with Gasteiger partial charge in [-0.2, -0.15) is 11.8 Å². The van der Waals surface area contributed by atoms with Crippen LogP contribution in [0, 0.1) is 0 Å². The highest BCUT2D eigenvalue weighted by atomic mass is 32.2. The van der Waals surface area contributed by atoms with E-state index in [-0.39, 0.29) is 5.91 Å². The van der Waals surface area contributed by atoms with E-state index in [1.165, 1.54) is 32.1 Å². The third-order valence-corrected chi connectivity index (χ3v) is 3.90. The number of carbonyl (C=O) groups is 2. The van der Waals surface area contributed by atoms with Crippen molar-refractivity contribution in [3.05, 3.63) is 0 Å². The summed E-state index contributed by atoms with van der Waals surface area (Å²) < 4.78 is 0. The van der Waals surface area contributed by atoms with Gasteiger partial charge in [-0.25, -0.2) is 4.79 Å². The first-order chi connectivity index (χ1) is 9.61. The van der Waals surface area contributed by atoms with Crippen LogP contribution < -0.4 is 5.32 Å². The van der Waals surface area contributed by atoms with Crippen LogP contribution in [-0.2, 0) is 9.59 Å². The molecule has 0 spiro atoms. The first kappa shape index (κ1) is 19.3. The molecule has 0 radical (unpaired) electrons. The molecule has 2 N–H and O–H groups in total. The molecule has 0 aromatic heterocycles. The SMILES string of the molecule is CCCCCCCCCC(=O)N[C@@H](CCSC)C(=O)O. The van der Waals surface area contributed by atoms with Crippen LogP contribution in [0.5, 0.6) is 0 Å². The molecular weight excluding hydrogens is 274 g/mol. The maximum absolute atomic E-state index is 11.7. The van der Waals surface area contributed by atoms with Gasteiger partial charge in [-0.3, -0.25) is 4.79 Å². The van der Waals surface area contributed by atoms with Crippen LogP contribution in [0.2, 0.25) is 0 Å². The molecule has 0 aromatic rings. The molecule has 0 bridgehead atoms. The van der Waals surface area contributed by atoms with Gasteiger partial charge >= 0.3 is 5.97 Å². The molecule has 4 nitrogen and oxygen atoms in total. The van der Waals surface area contributed by atoms with Crippen molar-refractivity contribution >= 4 is 23.6 Å². The number of aliphatic carboxylic acids is 1. The van der Waals surface area contributed by atoms with Crippen molar-refractivity contribution in [1.29, 1.82) is 0 Å². The molecule has 1 atom stereocenters. The van der Waals surface area contributed by atoms with E-state index in [0.717, 1.165) is 18.6 Å². The monoisotopic (exact) mass is 303 g/mol. The van der Waals surface area contributed by atoms with Gasteiger partial charge in [0.25, 0.3) is 0 Å². The number of carboxylic acids is 1. The largest absolute Gasteiger partial charge is 0.480 e. The number of rotatable bonds is 13. The normalized spacial score (nSPS) is 12.1. The Morgan fingerprint density at radius 1 is 1.10 bits per heavy atom. The van der Waals surface area contributed by atoms with E-state index in [1.807, 2.05) is 6.26 Å². The highest BCUT2D eigenvalue weighted by Gasteiger charge is 2.18. The quantitative estimate of drug-likeness (QED) is 0.511. The van der Waals surface area contributed by atoms with Gasteiger partial charge in [0.1, 0.15) is 6.04 Å². The lowest BCUT2D eigenvalue weighted by atomic mass is 10.1. The molecule has 20 heavy (non-hydrogen) atoms. The number of hydrogen-bond donors (Lipinski definition) is 2. The van der Waals surface area contributed by atoms with Crippen molar-refractivity contribution < 1.29 is 14.7 Å². The summed E-state index contributed by atoms with van der Waals surface area (Å²) in [5, 5.41) is 11.6. The molecule has 0 heterocycles. The maximum Gasteiger partial charge on any atom is 0.326 e. The fourth-order valence-electron chi connectivity index (χ4n) is 2.00. The number of amides is 1. The second-order valence-corrected chi connectivity index (χ2v) is 6.10. The lowest BCUT2D eigenvalue weighted by molar-refractivity contribution is -0.141. The summed E-state index contributed by atoms with van der Waals surface area (Å²) >= 11 is 1.59. The summed E-state index contributed by atoms with van der Waals surface area (Å²) in [4.78, 5) is 22.7. The van der Waals surface area contributed by atoms with Gasteiger partial charge in [0, 0.05) is 6.42 Å². The van der Waals surface area contributed by atoms with E-state index in [9.17, 15) is 9.59 Å². The van der Waals surface area contributed by atoms with Gasteiger partial charge in [-0.15, -0.1) is 0 Å². The average Bonchev–Trinajstić information content (AvgIpc) is 2.42. The fourth-order valence-corrected chi connectivity index (χ4v) is 2.47. The minimum Gasteiger partial charge on any atom is -0.480 e. The van der Waals surface area contributed by atoms with Crippen LogP contribution in [0.15, 0.2) is 0 Å². The molecule has 1 amide bonds. The number of unbranched alkanes of at least 4 members (excludes halogenated alkanes) is 6. The number of nitrogens with one attached hydrogen (secondary N) is 1. The number of carbonyl (C=O) groups excluding carboxylic acids is 1. The van der Waals surface area contributed by atoms with Crippen LogP contribution >= 0.6 is 11.8 Å². The van der Waals surface area contributed by atoms with E-state index in [0.29, 0.717) is 12.8 Å². The molecule has 0 aliphatic heterocycles. The fraction of sp³-hybridized carbons (Fsp3) is 0.867. The Morgan fingerprint density at radius 2 is 1.70 bits per heavy atom. The van der Waals surface area contributed by atoms with Gasteiger partial charge in [-0.05, 0) is 24.9 Å². The lowest BCUT2D eigenvalue weighted by Crippen LogP contribution is -2.41. The predicted molar refractivity (Wildman–Crippen MR) is 85.2 cm³/mol. The molecule has 0 unspecified atom stereocenters. The van der Waals surface area contributed by atoms with Crippen molar-refractivity contribution in [2.75, 3.05) is 12.0 Å². The second kappa shape index (κ2) is 13.3. The number of carboxylic acid groups (broad SMARTS) is 1. The van der Waals surface area contributed by atoms with E-state index in [2.05, 4.69) is 12.2 Å².